The van der Waals surface area contributed by atoms with Crippen molar-refractivity contribution in [1.29, 1.82) is 0 Å². The molecule has 0 saturated heterocycles. The number of carbonyl (C=O) groups excluding carboxylic acids is 2. The van der Waals surface area contributed by atoms with Crippen molar-refractivity contribution in [3.05, 3.63) is 87.7 Å². The second-order valence-electron chi connectivity index (χ2n) is 10.3. The van der Waals surface area contributed by atoms with Crippen molar-refractivity contribution in [2.24, 2.45) is 0 Å². The average Bonchev–Trinajstić information content (AvgIpc) is 3.42. The number of rotatable bonds is 8. The van der Waals surface area contributed by atoms with E-state index < -0.39 is 34.1 Å². The van der Waals surface area contributed by atoms with Gasteiger partial charge >= 0.3 is 0 Å². The standard InChI is InChI=1S/C28H31Cl2N5O4S/c1-40(38,39)33-23-9-4-5-10-24(23)35-26(21-12-11-18(29)17-22(21)30)25(19-7-2-3-8-20(19)28(35)37)27(36)31-14-16-34-15-6-13-32-34/h2-3,6-8,11-13,15,17,23-26,33H,4-5,9-10,14,16H2,1H3,(H,31,36)/t23-,24-,25+,26-/m0/s1. The molecule has 5 rings (SSSR count). The molecular weight excluding hydrogens is 573 g/mol. The van der Waals surface area contributed by atoms with Gasteiger partial charge in [0.1, 0.15) is 0 Å². The van der Waals surface area contributed by atoms with E-state index in [1.165, 1.54) is 0 Å². The molecular formula is C28H31Cl2N5O4S. The molecule has 2 aliphatic rings. The maximum Gasteiger partial charge on any atom is 0.255 e. The van der Waals surface area contributed by atoms with E-state index in [1.807, 2.05) is 12.3 Å². The van der Waals surface area contributed by atoms with Crippen LogP contribution in [0.4, 0.5) is 0 Å². The van der Waals surface area contributed by atoms with Crippen molar-refractivity contribution in [2.45, 2.75) is 56.3 Å². The van der Waals surface area contributed by atoms with Crippen LogP contribution < -0.4 is 10.0 Å². The predicted molar refractivity (Wildman–Crippen MR) is 154 cm³/mol. The van der Waals surface area contributed by atoms with Gasteiger partial charge in [-0.1, -0.05) is 60.3 Å². The highest BCUT2D eigenvalue weighted by Crippen LogP contribution is 2.47. The molecule has 3 aromatic rings. The molecule has 1 fully saturated rings. The second-order valence-corrected chi connectivity index (χ2v) is 12.9. The van der Waals surface area contributed by atoms with E-state index in [2.05, 4.69) is 15.1 Å². The fraction of sp³-hybridized carbons (Fsp3) is 0.393. The highest BCUT2D eigenvalue weighted by molar-refractivity contribution is 7.88. The lowest BCUT2D eigenvalue weighted by Gasteiger charge is -2.49. The van der Waals surface area contributed by atoms with Crippen LogP contribution in [0.2, 0.25) is 10.0 Å². The van der Waals surface area contributed by atoms with Crippen molar-refractivity contribution in [2.75, 3.05) is 12.8 Å². The van der Waals surface area contributed by atoms with Crippen LogP contribution in [0.1, 0.15) is 59.1 Å². The first-order valence-electron chi connectivity index (χ1n) is 13.2. The van der Waals surface area contributed by atoms with Gasteiger partial charge in [0.15, 0.2) is 0 Å². The molecule has 0 radical (unpaired) electrons. The Hall–Kier alpha value is -2.92. The van der Waals surface area contributed by atoms with Crippen LogP contribution in [-0.2, 0) is 21.4 Å². The number of nitrogens with zero attached hydrogens (tertiary/aromatic N) is 3. The van der Waals surface area contributed by atoms with Crippen molar-refractivity contribution in [3.8, 4) is 0 Å². The molecule has 12 heteroatoms. The van der Waals surface area contributed by atoms with E-state index in [-0.39, 0.29) is 11.8 Å². The molecule has 1 aromatic heterocycles. The Labute approximate surface area is 243 Å². The van der Waals surface area contributed by atoms with Crippen LogP contribution in [0.15, 0.2) is 60.9 Å². The SMILES string of the molecule is CS(=O)(=O)N[C@H]1CCCC[C@@H]1N1C(=O)c2ccccc2[C@@H](C(=O)NCCn2cccn2)[C@@H]1c1ccc(Cl)cc1Cl. The third-order valence-electron chi connectivity index (χ3n) is 7.59. The minimum atomic E-state index is -3.55. The van der Waals surface area contributed by atoms with E-state index in [1.54, 1.807) is 58.2 Å². The molecule has 0 spiro atoms. The van der Waals surface area contributed by atoms with E-state index >= 15 is 0 Å². The topological polar surface area (TPSA) is 113 Å². The second kappa shape index (κ2) is 11.9. The maximum absolute atomic E-state index is 14.3. The number of halogens is 2. The van der Waals surface area contributed by atoms with Gasteiger partial charge < -0.3 is 10.2 Å². The summed E-state index contributed by atoms with van der Waals surface area (Å²) in [4.78, 5) is 30.0. The van der Waals surface area contributed by atoms with Crippen LogP contribution >= 0.6 is 23.2 Å². The third kappa shape index (κ3) is 6.05. The Kier molecular flexibility index (Phi) is 8.51. The Morgan fingerprint density at radius 1 is 1.07 bits per heavy atom. The third-order valence-corrected chi connectivity index (χ3v) is 8.88. The number of nitrogens with one attached hydrogen (secondary N) is 2. The van der Waals surface area contributed by atoms with Crippen LogP contribution in [0.3, 0.4) is 0 Å². The summed E-state index contributed by atoms with van der Waals surface area (Å²) in [7, 11) is -3.55. The smallest absolute Gasteiger partial charge is 0.255 e. The Morgan fingerprint density at radius 2 is 1.85 bits per heavy atom. The number of fused-ring (bicyclic) bond motifs is 1. The van der Waals surface area contributed by atoms with Crippen molar-refractivity contribution in [3.63, 3.8) is 0 Å². The molecule has 40 heavy (non-hydrogen) atoms. The molecule has 1 aliphatic heterocycles. The number of aromatic nitrogens is 2. The first-order valence-corrected chi connectivity index (χ1v) is 15.9. The van der Waals surface area contributed by atoms with Gasteiger partial charge in [0.05, 0.1) is 24.8 Å². The summed E-state index contributed by atoms with van der Waals surface area (Å²) in [6, 6.07) is 12.2. The van der Waals surface area contributed by atoms with Crippen molar-refractivity contribution >= 4 is 45.0 Å². The number of sulfonamides is 1. The normalized spacial score (nSPS) is 23.1. The largest absolute Gasteiger partial charge is 0.354 e. The fourth-order valence-electron chi connectivity index (χ4n) is 5.96. The quantitative estimate of drug-likeness (QED) is 0.401. The first kappa shape index (κ1) is 28.6. The van der Waals surface area contributed by atoms with Gasteiger partial charge in [0.25, 0.3) is 5.91 Å². The van der Waals surface area contributed by atoms with Gasteiger partial charge in [0.2, 0.25) is 15.9 Å². The monoisotopic (exact) mass is 603 g/mol. The van der Waals surface area contributed by atoms with Gasteiger partial charge in [-0.05, 0) is 48.2 Å². The summed E-state index contributed by atoms with van der Waals surface area (Å²) in [6.07, 6.45) is 7.41. The molecule has 0 bridgehead atoms. The Balaban J connectivity index is 1.61. The molecule has 1 saturated carbocycles. The van der Waals surface area contributed by atoms with E-state index in [0.717, 1.165) is 19.1 Å². The summed E-state index contributed by atoms with van der Waals surface area (Å²) in [5, 5.41) is 7.98. The van der Waals surface area contributed by atoms with Gasteiger partial charge in [-0.2, -0.15) is 5.10 Å². The minimum Gasteiger partial charge on any atom is -0.354 e. The Morgan fingerprint density at radius 3 is 2.58 bits per heavy atom. The summed E-state index contributed by atoms with van der Waals surface area (Å²) >= 11 is 13.0. The molecule has 4 atom stereocenters. The van der Waals surface area contributed by atoms with Gasteiger partial charge in [-0.15, -0.1) is 0 Å². The van der Waals surface area contributed by atoms with Crippen LogP contribution in [0.25, 0.3) is 0 Å². The molecule has 2 amide bonds. The average molecular weight is 605 g/mol. The van der Waals surface area contributed by atoms with Crippen LogP contribution in [0.5, 0.6) is 0 Å². The lowest BCUT2D eigenvalue weighted by atomic mass is 9.76. The fourth-order valence-corrected chi connectivity index (χ4v) is 7.31. The summed E-state index contributed by atoms with van der Waals surface area (Å²) < 4.78 is 29.1. The molecule has 1 aliphatic carbocycles. The predicted octanol–water partition coefficient (Wildman–Crippen LogP) is 4.15. The molecule has 9 nitrogen and oxygen atoms in total. The lowest BCUT2D eigenvalue weighted by Crippen LogP contribution is -2.59. The van der Waals surface area contributed by atoms with Crippen molar-refractivity contribution < 1.29 is 18.0 Å². The molecule has 2 heterocycles. The number of carbonyl (C=O) groups is 2. The highest BCUT2D eigenvalue weighted by atomic mass is 35.5. The zero-order valence-electron chi connectivity index (χ0n) is 22.0. The minimum absolute atomic E-state index is 0.264. The van der Waals surface area contributed by atoms with E-state index in [0.29, 0.717) is 52.7 Å². The lowest BCUT2D eigenvalue weighted by molar-refractivity contribution is -0.124. The highest BCUT2D eigenvalue weighted by Gasteiger charge is 2.49. The number of amides is 2. The number of benzene rings is 2. The Bertz CT molecular complexity index is 1500. The van der Waals surface area contributed by atoms with Crippen LogP contribution in [-0.4, -0.2) is 59.8 Å². The molecule has 2 N–H and O–H groups in total. The number of hydrogen-bond acceptors (Lipinski definition) is 5. The summed E-state index contributed by atoms with van der Waals surface area (Å²) in [6.45, 7) is 0.807. The zero-order chi connectivity index (χ0) is 28.4. The van der Waals surface area contributed by atoms with Gasteiger partial charge in [0, 0.05) is 46.6 Å². The summed E-state index contributed by atoms with van der Waals surface area (Å²) in [5.41, 5.74) is 1.59. The van der Waals surface area contributed by atoms with E-state index in [4.69, 9.17) is 23.2 Å². The molecule has 0 unspecified atom stereocenters. The number of hydrogen-bond donors (Lipinski definition) is 2. The van der Waals surface area contributed by atoms with E-state index in [9.17, 15) is 18.0 Å². The van der Waals surface area contributed by atoms with Gasteiger partial charge in [-0.3, -0.25) is 14.3 Å². The first-order chi connectivity index (χ1) is 19.1. The summed E-state index contributed by atoms with van der Waals surface area (Å²) in [5.74, 6) is -1.33. The van der Waals surface area contributed by atoms with Crippen molar-refractivity contribution in [1.82, 2.24) is 24.7 Å². The van der Waals surface area contributed by atoms with Crippen LogP contribution in [0, 0.1) is 0 Å². The zero-order valence-corrected chi connectivity index (χ0v) is 24.3. The maximum atomic E-state index is 14.3. The molecule has 212 valence electrons. The van der Waals surface area contributed by atoms with Gasteiger partial charge in [-0.25, -0.2) is 13.1 Å². The molecule has 2 aromatic carbocycles.